The number of rotatable bonds is 2. The molecule has 94 valence electrons. The molecule has 0 amide bonds. The highest BCUT2D eigenvalue weighted by atomic mass is 79.9. The Morgan fingerprint density at radius 2 is 2.12 bits per heavy atom. The maximum atomic E-state index is 12.1. The third-order valence-electron chi connectivity index (χ3n) is 3.02. The average molecular weight is 316 g/mol. The summed E-state index contributed by atoms with van der Waals surface area (Å²) in [6.07, 6.45) is 2.08. The fourth-order valence-corrected chi connectivity index (χ4v) is 3.47. The van der Waals surface area contributed by atoms with Crippen molar-refractivity contribution >= 4 is 27.3 Å². The van der Waals surface area contributed by atoms with E-state index in [1.807, 2.05) is 26.8 Å². The predicted molar refractivity (Wildman–Crippen MR) is 76.2 cm³/mol. The fraction of sp³-hybridized carbons (Fsp3) is 0.538. The van der Waals surface area contributed by atoms with Crippen LogP contribution in [0.25, 0.3) is 0 Å². The number of fused-ring (bicyclic) bond motifs is 1. The highest BCUT2D eigenvalue weighted by Crippen LogP contribution is 2.36. The Hall–Kier alpha value is -0.0300. The normalized spacial score (nSPS) is 21.4. The van der Waals surface area contributed by atoms with Gasteiger partial charge in [0.1, 0.15) is 4.75 Å². The van der Waals surface area contributed by atoms with Crippen molar-refractivity contribution in [1.82, 2.24) is 4.72 Å². The van der Waals surface area contributed by atoms with Crippen molar-refractivity contribution in [2.75, 3.05) is 0 Å². The lowest BCUT2D eigenvalue weighted by atomic mass is 10.1. The number of nitrogens with one attached hydrogen (secondary N) is 1. The van der Waals surface area contributed by atoms with E-state index in [2.05, 4.69) is 32.8 Å². The van der Waals surface area contributed by atoms with Gasteiger partial charge in [-0.15, -0.1) is 4.72 Å². The quantitative estimate of drug-likeness (QED) is 0.848. The second-order valence-electron chi connectivity index (χ2n) is 5.40. The summed E-state index contributed by atoms with van der Waals surface area (Å²) in [5, 5.41) is 0. The standard InChI is InChI=1S/C13H18BrNOS/c1-13(2,3)17(16)15-12-8-7-9-10(12)5-4-6-11(9)14/h4-6,12,15H,7-8H2,1-3H3/t12-,17?/m0/s1. The molecule has 2 rings (SSSR count). The van der Waals surface area contributed by atoms with E-state index in [-0.39, 0.29) is 10.8 Å². The molecule has 1 aromatic rings. The lowest BCUT2D eigenvalue weighted by Crippen LogP contribution is -2.40. The van der Waals surface area contributed by atoms with Gasteiger partial charge >= 0.3 is 0 Å². The summed E-state index contributed by atoms with van der Waals surface area (Å²) in [6.45, 7) is 5.98. The van der Waals surface area contributed by atoms with Crippen molar-refractivity contribution in [3.63, 3.8) is 0 Å². The van der Waals surface area contributed by atoms with Crippen molar-refractivity contribution in [2.24, 2.45) is 0 Å². The Bertz CT molecular complexity index is 416. The van der Waals surface area contributed by atoms with Gasteiger partial charge in [-0.05, 0) is 50.8 Å². The molecular formula is C13H18BrNOS. The van der Waals surface area contributed by atoms with E-state index >= 15 is 0 Å². The number of hydrogen-bond donors (Lipinski definition) is 1. The molecule has 17 heavy (non-hydrogen) atoms. The van der Waals surface area contributed by atoms with Gasteiger partial charge in [-0.2, -0.15) is 0 Å². The zero-order chi connectivity index (χ0) is 12.6. The molecule has 0 aliphatic heterocycles. The van der Waals surface area contributed by atoms with Crippen LogP contribution in [0.2, 0.25) is 0 Å². The van der Waals surface area contributed by atoms with Gasteiger partial charge in [0.15, 0.2) is 0 Å². The van der Waals surface area contributed by atoms with Gasteiger partial charge in [0.25, 0.3) is 0 Å². The molecule has 0 spiro atoms. The van der Waals surface area contributed by atoms with Gasteiger partial charge in [-0.25, -0.2) is 0 Å². The summed E-state index contributed by atoms with van der Waals surface area (Å²) in [4.78, 5) is 0. The SMILES string of the molecule is CC(C)(C)[S+]([O-])N[C@H]1CCc2c(Br)cccc21. The number of halogens is 1. The molecule has 1 aliphatic carbocycles. The van der Waals surface area contributed by atoms with Crippen molar-refractivity contribution < 1.29 is 4.55 Å². The lowest BCUT2D eigenvalue weighted by Gasteiger charge is -2.26. The first-order valence-electron chi connectivity index (χ1n) is 5.85. The van der Waals surface area contributed by atoms with Crippen molar-refractivity contribution in [1.29, 1.82) is 0 Å². The van der Waals surface area contributed by atoms with E-state index in [1.54, 1.807) is 0 Å². The van der Waals surface area contributed by atoms with Gasteiger partial charge < -0.3 is 4.55 Å². The van der Waals surface area contributed by atoms with Gasteiger partial charge in [0, 0.05) is 15.8 Å². The monoisotopic (exact) mass is 315 g/mol. The molecule has 1 unspecified atom stereocenters. The van der Waals surface area contributed by atoms with E-state index < -0.39 is 11.4 Å². The van der Waals surface area contributed by atoms with Crippen molar-refractivity contribution in [3.05, 3.63) is 33.8 Å². The summed E-state index contributed by atoms with van der Waals surface area (Å²) < 4.78 is 16.3. The summed E-state index contributed by atoms with van der Waals surface area (Å²) in [5.74, 6) is 0. The minimum atomic E-state index is -1.01. The molecule has 0 saturated carbocycles. The number of hydrogen-bond acceptors (Lipinski definition) is 2. The molecule has 2 atom stereocenters. The highest BCUT2D eigenvalue weighted by molar-refractivity contribution is 9.10. The average Bonchev–Trinajstić information content (AvgIpc) is 2.62. The van der Waals surface area contributed by atoms with Crippen LogP contribution >= 0.6 is 15.9 Å². The first kappa shape index (κ1) is 13.4. The Morgan fingerprint density at radius 3 is 2.76 bits per heavy atom. The Morgan fingerprint density at radius 1 is 1.41 bits per heavy atom. The van der Waals surface area contributed by atoms with Crippen LogP contribution in [0.1, 0.15) is 44.4 Å². The van der Waals surface area contributed by atoms with Crippen LogP contribution in [0.4, 0.5) is 0 Å². The van der Waals surface area contributed by atoms with Crippen LogP contribution in [0.15, 0.2) is 22.7 Å². The van der Waals surface area contributed by atoms with E-state index in [9.17, 15) is 4.55 Å². The van der Waals surface area contributed by atoms with E-state index in [4.69, 9.17) is 0 Å². The summed E-state index contributed by atoms with van der Waals surface area (Å²) in [7, 11) is 0. The van der Waals surface area contributed by atoms with Crippen LogP contribution in [0, 0.1) is 0 Å². The third-order valence-corrected chi connectivity index (χ3v) is 5.37. The number of benzene rings is 1. The van der Waals surface area contributed by atoms with Gasteiger partial charge in [-0.3, -0.25) is 0 Å². The summed E-state index contributed by atoms with van der Waals surface area (Å²) >= 11 is 2.57. The highest BCUT2D eigenvalue weighted by Gasteiger charge is 2.33. The molecule has 0 saturated heterocycles. The maximum absolute atomic E-state index is 12.1. The molecule has 0 fully saturated rings. The Labute approximate surface area is 115 Å². The molecule has 0 bridgehead atoms. The summed E-state index contributed by atoms with van der Waals surface area (Å²) in [6, 6.07) is 6.47. The van der Waals surface area contributed by atoms with Crippen molar-refractivity contribution in [3.8, 4) is 0 Å². The Kier molecular flexibility index (Phi) is 3.88. The minimum Gasteiger partial charge on any atom is -0.598 e. The molecule has 1 aromatic carbocycles. The smallest absolute Gasteiger partial charge is 0.136 e. The van der Waals surface area contributed by atoms with Crippen molar-refractivity contribution in [2.45, 2.75) is 44.4 Å². The van der Waals surface area contributed by atoms with Gasteiger partial charge in [0.2, 0.25) is 0 Å². The first-order chi connectivity index (χ1) is 7.89. The molecule has 1 N–H and O–H groups in total. The van der Waals surface area contributed by atoms with E-state index in [0.717, 1.165) is 12.8 Å². The third kappa shape index (κ3) is 2.87. The molecule has 0 radical (unpaired) electrons. The fourth-order valence-electron chi connectivity index (χ4n) is 2.04. The molecular weight excluding hydrogens is 298 g/mol. The molecule has 2 nitrogen and oxygen atoms in total. The molecule has 4 heteroatoms. The molecule has 1 aliphatic rings. The van der Waals surface area contributed by atoms with Gasteiger partial charge in [-0.1, -0.05) is 28.1 Å². The van der Waals surface area contributed by atoms with Crippen LogP contribution in [-0.2, 0) is 17.8 Å². The first-order valence-corrected chi connectivity index (χ1v) is 7.79. The summed E-state index contributed by atoms with van der Waals surface area (Å²) in [5.41, 5.74) is 2.65. The second-order valence-corrected chi connectivity index (χ2v) is 8.25. The molecule has 0 heterocycles. The molecule has 0 aromatic heterocycles. The van der Waals surface area contributed by atoms with E-state index in [0.29, 0.717) is 0 Å². The maximum Gasteiger partial charge on any atom is 0.136 e. The Balaban J connectivity index is 2.15. The van der Waals surface area contributed by atoms with Gasteiger partial charge in [0.05, 0.1) is 6.04 Å². The lowest BCUT2D eigenvalue weighted by molar-refractivity contribution is 0.522. The van der Waals surface area contributed by atoms with E-state index in [1.165, 1.54) is 15.6 Å². The van der Waals surface area contributed by atoms with Crippen LogP contribution in [0.5, 0.6) is 0 Å². The topological polar surface area (TPSA) is 35.1 Å². The second kappa shape index (κ2) is 4.92. The minimum absolute atomic E-state index is 0.214. The van der Waals surface area contributed by atoms with Crippen LogP contribution in [-0.4, -0.2) is 9.30 Å². The zero-order valence-electron chi connectivity index (χ0n) is 10.4. The van der Waals surface area contributed by atoms with Crippen LogP contribution in [0.3, 0.4) is 0 Å². The predicted octanol–water partition coefficient (Wildman–Crippen LogP) is 3.49. The van der Waals surface area contributed by atoms with Crippen LogP contribution < -0.4 is 4.72 Å². The largest absolute Gasteiger partial charge is 0.598 e. The zero-order valence-corrected chi connectivity index (χ0v) is 12.8.